The number of hydrogen-bond acceptors (Lipinski definition) is 6. The first-order valence-corrected chi connectivity index (χ1v) is 9.74. The summed E-state index contributed by atoms with van der Waals surface area (Å²) < 4.78 is 5.37. The number of nitrogens with one attached hydrogen (secondary N) is 1. The smallest absolute Gasteiger partial charge is 0.272 e. The van der Waals surface area contributed by atoms with Gasteiger partial charge in [0.2, 0.25) is 11.9 Å². The predicted molar refractivity (Wildman–Crippen MR) is 110 cm³/mol. The summed E-state index contributed by atoms with van der Waals surface area (Å²) in [4.78, 5) is 36.6. The van der Waals surface area contributed by atoms with Gasteiger partial charge in [0, 0.05) is 45.3 Å². The van der Waals surface area contributed by atoms with E-state index in [1.54, 1.807) is 29.9 Å². The highest BCUT2D eigenvalue weighted by Gasteiger charge is 2.24. The lowest BCUT2D eigenvalue weighted by atomic mass is 10.1. The van der Waals surface area contributed by atoms with E-state index in [0.29, 0.717) is 44.4 Å². The average molecular weight is 397 g/mol. The molecule has 1 fully saturated rings. The number of para-hydroxylation sites is 1. The molecule has 0 saturated carbocycles. The molecule has 3 rings (SSSR count). The van der Waals surface area contributed by atoms with Gasteiger partial charge in [-0.15, -0.1) is 0 Å². The molecule has 1 aromatic heterocycles. The third kappa shape index (κ3) is 5.22. The quantitative estimate of drug-likeness (QED) is 0.799. The van der Waals surface area contributed by atoms with Crippen molar-refractivity contribution in [3.63, 3.8) is 0 Å². The van der Waals surface area contributed by atoms with Gasteiger partial charge in [0.05, 0.1) is 7.11 Å². The van der Waals surface area contributed by atoms with E-state index in [1.165, 1.54) is 0 Å². The fourth-order valence-corrected chi connectivity index (χ4v) is 3.36. The molecule has 2 amide bonds. The Hall–Kier alpha value is -3.16. The van der Waals surface area contributed by atoms with E-state index >= 15 is 0 Å². The summed E-state index contributed by atoms with van der Waals surface area (Å²) in [6.07, 6.45) is 0.748. The van der Waals surface area contributed by atoms with Gasteiger partial charge in [-0.25, -0.2) is 9.97 Å². The summed E-state index contributed by atoms with van der Waals surface area (Å²) in [6.45, 7) is 6.14. The molecule has 154 valence electrons. The molecule has 1 aliphatic rings. The molecule has 0 atom stereocenters. The molecule has 0 unspecified atom stereocenters. The van der Waals surface area contributed by atoms with Crippen LogP contribution in [0.4, 0.5) is 5.95 Å². The van der Waals surface area contributed by atoms with Crippen LogP contribution in [0.1, 0.15) is 28.7 Å². The van der Waals surface area contributed by atoms with Crippen LogP contribution in [0.3, 0.4) is 0 Å². The number of amides is 2. The number of carbonyl (C=O) groups is 2. The highest BCUT2D eigenvalue weighted by atomic mass is 16.5. The number of nitrogens with zero attached hydrogens (tertiary/aromatic N) is 4. The molecule has 0 spiro atoms. The lowest BCUT2D eigenvalue weighted by molar-refractivity contribution is -0.130. The van der Waals surface area contributed by atoms with Gasteiger partial charge in [-0.3, -0.25) is 9.59 Å². The third-order valence-corrected chi connectivity index (χ3v) is 4.96. The molecule has 0 bridgehead atoms. The van der Waals surface area contributed by atoms with Crippen molar-refractivity contribution in [3.8, 4) is 5.75 Å². The number of aryl methyl sites for hydroxylation is 1. The van der Waals surface area contributed by atoms with E-state index in [2.05, 4.69) is 15.3 Å². The van der Waals surface area contributed by atoms with Crippen molar-refractivity contribution < 1.29 is 14.3 Å². The Morgan fingerprint density at radius 3 is 2.48 bits per heavy atom. The molecule has 1 aromatic carbocycles. The van der Waals surface area contributed by atoms with Crippen LogP contribution < -0.4 is 10.1 Å². The normalized spacial score (nSPS) is 13.9. The van der Waals surface area contributed by atoms with Gasteiger partial charge in [0.1, 0.15) is 11.4 Å². The van der Waals surface area contributed by atoms with Gasteiger partial charge in [-0.1, -0.05) is 18.2 Å². The maximum atomic E-state index is 12.8. The maximum Gasteiger partial charge on any atom is 0.272 e. The largest absolute Gasteiger partial charge is 0.496 e. The number of anilines is 1. The van der Waals surface area contributed by atoms with Crippen LogP contribution in [0.25, 0.3) is 0 Å². The molecular formula is C21H27N5O3. The lowest BCUT2D eigenvalue weighted by Crippen LogP contribution is -2.50. The molecule has 8 heteroatoms. The van der Waals surface area contributed by atoms with Crippen LogP contribution in [0.15, 0.2) is 30.3 Å². The maximum absolute atomic E-state index is 12.8. The molecule has 8 nitrogen and oxygen atoms in total. The Labute approximate surface area is 170 Å². The van der Waals surface area contributed by atoms with Gasteiger partial charge < -0.3 is 19.9 Å². The molecule has 2 heterocycles. The van der Waals surface area contributed by atoms with Crippen LogP contribution >= 0.6 is 0 Å². The monoisotopic (exact) mass is 397 g/mol. The Morgan fingerprint density at radius 1 is 1.10 bits per heavy atom. The van der Waals surface area contributed by atoms with Crippen molar-refractivity contribution in [3.05, 3.63) is 47.3 Å². The summed E-state index contributed by atoms with van der Waals surface area (Å²) >= 11 is 0. The minimum Gasteiger partial charge on any atom is -0.496 e. The lowest BCUT2D eigenvalue weighted by Gasteiger charge is -2.34. The Balaban J connectivity index is 1.62. The van der Waals surface area contributed by atoms with E-state index < -0.39 is 0 Å². The summed E-state index contributed by atoms with van der Waals surface area (Å²) in [5, 5.41) is 3.20. The van der Waals surface area contributed by atoms with Crippen LogP contribution in [-0.4, -0.2) is 71.4 Å². The van der Waals surface area contributed by atoms with Gasteiger partial charge in [-0.05, 0) is 31.0 Å². The summed E-state index contributed by atoms with van der Waals surface area (Å²) in [7, 11) is 1.66. The fourth-order valence-electron chi connectivity index (χ4n) is 3.36. The van der Waals surface area contributed by atoms with E-state index in [4.69, 9.17) is 4.74 Å². The molecule has 1 saturated heterocycles. The highest BCUT2D eigenvalue weighted by Crippen LogP contribution is 2.18. The van der Waals surface area contributed by atoms with Gasteiger partial charge >= 0.3 is 0 Å². The standard InChI is InChI=1S/C21H27N5O3/c1-15-14-18(20(28)26-12-10-25(11-13-26)16(2)27)24-21(23-15)22-9-8-17-6-4-5-7-19(17)29-3/h4-7,14H,8-13H2,1-3H3,(H,22,23,24). The van der Waals surface area contributed by atoms with E-state index in [9.17, 15) is 9.59 Å². The van der Waals surface area contributed by atoms with Crippen LogP contribution in [0.5, 0.6) is 5.75 Å². The topological polar surface area (TPSA) is 87.7 Å². The molecule has 2 aromatic rings. The number of benzene rings is 1. The Morgan fingerprint density at radius 2 is 1.79 bits per heavy atom. The van der Waals surface area contributed by atoms with Crippen LogP contribution in [-0.2, 0) is 11.2 Å². The van der Waals surface area contributed by atoms with E-state index in [0.717, 1.165) is 23.4 Å². The van der Waals surface area contributed by atoms with E-state index in [-0.39, 0.29) is 11.8 Å². The van der Waals surface area contributed by atoms with Crippen molar-refractivity contribution in [1.29, 1.82) is 0 Å². The highest BCUT2D eigenvalue weighted by molar-refractivity contribution is 5.93. The van der Waals surface area contributed by atoms with Gasteiger partial charge in [-0.2, -0.15) is 0 Å². The minimum atomic E-state index is -0.133. The number of methoxy groups -OCH3 is 1. The predicted octanol–water partition coefficient (Wildman–Crippen LogP) is 1.75. The number of piperazine rings is 1. The minimum absolute atomic E-state index is 0.0384. The Kier molecular flexibility index (Phi) is 6.64. The summed E-state index contributed by atoms with van der Waals surface area (Å²) in [5.74, 6) is 1.19. The number of aromatic nitrogens is 2. The fraction of sp³-hybridized carbons (Fsp3) is 0.429. The second-order valence-electron chi connectivity index (χ2n) is 7.01. The van der Waals surface area contributed by atoms with Crippen LogP contribution in [0.2, 0.25) is 0 Å². The molecule has 1 N–H and O–H groups in total. The summed E-state index contributed by atoms with van der Waals surface area (Å²) in [5.41, 5.74) is 2.19. The number of hydrogen-bond donors (Lipinski definition) is 1. The second-order valence-corrected chi connectivity index (χ2v) is 7.01. The molecule has 0 aliphatic carbocycles. The number of carbonyl (C=O) groups excluding carboxylic acids is 2. The van der Waals surface area contributed by atoms with Crippen molar-refractivity contribution in [2.24, 2.45) is 0 Å². The van der Waals surface area contributed by atoms with E-state index in [1.807, 2.05) is 31.2 Å². The first-order valence-electron chi connectivity index (χ1n) is 9.74. The molecular weight excluding hydrogens is 370 g/mol. The van der Waals surface area contributed by atoms with Gasteiger partial charge in [0.25, 0.3) is 5.91 Å². The van der Waals surface area contributed by atoms with Crippen molar-refractivity contribution in [2.45, 2.75) is 20.3 Å². The first kappa shape index (κ1) is 20.6. The third-order valence-electron chi connectivity index (χ3n) is 4.96. The molecule has 29 heavy (non-hydrogen) atoms. The van der Waals surface area contributed by atoms with Crippen molar-refractivity contribution >= 4 is 17.8 Å². The SMILES string of the molecule is COc1ccccc1CCNc1nc(C)cc(C(=O)N2CCN(C(C)=O)CC2)n1. The van der Waals surface area contributed by atoms with Gasteiger partial charge in [0.15, 0.2) is 0 Å². The Bertz CT molecular complexity index is 878. The second kappa shape index (κ2) is 9.36. The summed E-state index contributed by atoms with van der Waals surface area (Å²) in [6, 6.07) is 9.57. The molecule has 1 aliphatic heterocycles. The number of ether oxygens (including phenoxy) is 1. The zero-order valence-corrected chi connectivity index (χ0v) is 17.1. The average Bonchev–Trinajstić information content (AvgIpc) is 2.73. The van der Waals surface area contributed by atoms with Crippen molar-refractivity contribution in [2.75, 3.05) is 45.2 Å². The first-order chi connectivity index (χ1) is 14.0. The number of rotatable bonds is 6. The van der Waals surface area contributed by atoms with Crippen molar-refractivity contribution in [1.82, 2.24) is 19.8 Å². The zero-order chi connectivity index (χ0) is 20.8. The zero-order valence-electron chi connectivity index (χ0n) is 17.1. The van der Waals surface area contributed by atoms with Crippen LogP contribution in [0, 0.1) is 6.92 Å². The molecule has 0 radical (unpaired) electrons.